The van der Waals surface area contributed by atoms with Gasteiger partial charge in [0, 0.05) is 43.8 Å². The lowest BCUT2D eigenvalue weighted by Gasteiger charge is -2.27. The van der Waals surface area contributed by atoms with Crippen LogP contribution in [0.25, 0.3) is 0 Å². The SMILES string of the molecule is Cl.O=C(CCOc1ccc(Cl)cc1[N+](=O)[O-])NCCCN1CCNCC1. The van der Waals surface area contributed by atoms with Crippen molar-refractivity contribution in [2.24, 2.45) is 0 Å². The largest absolute Gasteiger partial charge is 0.486 e. The van der Waals surface area contributed by atoms with E-state index in [0.717, 1.165) is 39.1 Å². The number of nitro groups is 1. The smallest absolute Gasteiger partial charge is 0.312 e. The topological polar surface area (TPSA) is 96.7 Å². The van der Waals surface area contributed by atoms with Gasteiger partial charge >= 0.3 is 5.69 Å². The fourth-order valence-corrected chi connectivity index (χ4v) is 2.73. The maximum atomic E-state index is 11.8. The first-order valence-electron chi connectivity index (χ1n) is 8.33. The Kier molecular flexibility index (Phi) is 10.3. The van der Waals surface area contributed by atoms with Crippen LogP contribution in [0.1, 0.15) is 12.8 Å². The van der Waals surface area contributed by atoms with Gasteiger partial charge < -0.3 is 20.3 Å². The van der Waals surface area contributed by atoms with Gasteiger partial charge in [-0.3, -0.25) is 14.9 Å². The summed E-state index contributed by atoms with van der Waals surface area (Å²) in [5.41, 5.74) is -0.205. The van der Waals surface area contributed by atoms with Crippen LogP contribution in [0.15, 0.2) is 18.2 Å². The molecule has 1 aliphatic heterocycles. The minimum atomic E-state index is -0.558. The minimum Gasteiger partial charge on any atom is -0.486 e. The molecule has 0 unspecified atom stereocenters. The summed E-state index contributed by atoms with van der Waals surface area (Å²) in [6, 6.07) is 4.18. The first kappa shape index (κ1) is 22.4. The molecule has 146 valence electrons. The number of benzene rings is 1. The zero-order valence-electron chi connectivity index (χ0n) is 14.4. The Morgan fingerprint density at radius 3 is 2.81 bits per heavy atom. The molecule has 1 aromatic carbocycles. The van der Waals surface area contributed by atoms with Gasteiger partial charge in [0.2, 0.25) is 5.91 Å². The van der Waals surface area contributed by atoms with Crippen LogP contribution in [0.4, 0.5) is 5.69 Å². The first-order chi connectivity index (χ1) is 12.1. The Morgan fingerprint density at radius 1 is 1.38 bits per heavy atom. The molecule has 1 saturated heterocycles. The van der Waals surface area contributed by atoms with Gasteiger partial charge in [0.15, 0.2) is 5.75 Å². The van der Waals surface area contributed by atoms with Crippen LogP contribution < -0.4 is 15.4 Å². The van der Waals surface area contributed by atoms with Gasteiger partial charge in [-0.15, -0.1) is 12.4 Å². The fraction of sp³-hybridized carbons (Fsp3) is 0.562. The standard InChI is InChI=1S/C16H23ClN4O4.ClH/c17-13-2-3-15(14(12-13)21(23)24)25-11-4-16(22)19-5-1-8-20-9-6-18-7-10-20;/h2-3,12,18H,1,4-11H2,(H,19,22);1H. The van der Waals surface area contributed by atoms with Gasteiger partial charge in [-0.1, -0.05) is 11.6 Å². The summed E-state index contributed by atoms with van der Waals surface area (Å²) >= 11 is 5.74. The van der Waals surface area contributed by atoms with Crippen molar-refractivity contribution in [3.63, 3.8) is 0 Å². The predicted octanol–water partition coefficient (Wildman–Crippen LogP) is 1.85. The van der Waals surface area contributed by atoms with Crippen molar-refractivity contribution in [2.75, 3.05) is 45.9 Å². The third-order valence-electron chi connectivity index (χ3n) is 3.89. The number of nitrogens with one attached hydrogen (secondary N) is 2. The number of nitro benzene ring substituents is 1. The summed E-state index contributed by atoms with van der Waals surface area (Å²) in [7, 11) is 0. The average Bonchev–Trinajstić information content (AvgIpc) is 2.60. The molecule has 0 aliphatic carbocycles. The van der Waals surface area contributed by atoms with Crippen LogP contribution >= 0.6 is 24.0 Å². The van der Waals surface area contributed by atoms with Gasteiger partial charge in [-0.25, -0.2) is 0 Å². The molecule has 2 N–H and O–H groups in total. The Bertz CT molecular complexity index is 598. The number of nitrogens with zero attached hydrogens (tertiary/aromatic N) is 2. The van der Waals surface area contributed by atoms with E-state index in [2.05, 4.69) is 15.5 Å². The van der Waals surface area contributed by atoms with Gasteiger partial charge in [0.1, 0.15) is 0 Å². The molecule has 1 aliphatic rings. The van der Waals surface area contributed by atoms with E-state index in [1.54, 1.807) is 0 Å². The molecule has 8 nitrogen and oxygen atoms in total. The summed E-state index contributed by atoms with van der Waals surface area (Å²) in [6.07, 6.45) is 1.04. The number of carbonyl (C=O) groups is 1. The van der Waals surface area contributed by atoms with E-state index in [4.69, 9.17) is 16.3 Å². The summed E-state index contributed by atoms with van der Waals surface area (Å²) in [5, 5.41) is 17.4. The van der Waals surface area contributed by atoms with Gasteiger partial charge in [-0.2, -0.15) is 0 Å². The van der Waals surface area contributed by atoms with Crippen molar-refractivity contribution in [3.8, 4) is 5.75 Å². The van der Waals surface area contributed by atoms with Crippen molar-refractivity contribution in [1.29, 1.82) is 0 Å². The average molecular weight is 407 g/mol. The third-order valence-corrected chi connectivity index (χ3v) is 4.12. The van der Waals surface area contributed by atoms with Crippen molar-refractivity contribution in [1.82, 2.24) is 15.5 Å². The maximum Gasteiger partial charge on any atom is 0.312 e. The lowest BCUT2D eigenvalue weighted by Crippen LogP contribution is -2.44. The van der Waals surface area contributed by atoms with E-state index in [-0.39, 0.29) is 47.8 Å². The number of hydrogen-bond donors (Lipinski definition) is 2. The van der Waals surface area contributed by atoms with Gasteiger partial charge in [-0.05, 0) is 25.1 Å². The number of hydrogen-bond acceptors (Lipinski definition) is 6. The van der Waals surface area contributed by atoms with Crippen molar-refractivity contribution in [2.45, 2.75) is 12.8 Å². The molecule has 0 aromatic heterocycles. The highest BCUT2D eigenvalue weighted by atomic mass is 35.5. The normalized spacial score (nSPS) is 14.3. The Morgan fingerprint density at radius 2 is 2.12 bits per heavy atom. The van der Waals surface area contributed by atoms with E-state index in [1.807, 2.05) is 0 Å². The minimum absolute atomic E-state index is 0. The van der Waals surface area contributed by atoms with Crippen LogP contribution in [0.2, 0.25) is 5.02 Å². The van der Waals surface area contributed by atoms with E-state index < -0.39 is 4.92 Å². The number of halogens is 2. The molecule has 0 radical (unpaired) electrons. The summed E-state index contributed by atoms with van der Waals surface area (Å²) in [5.74, 6) is -0.0159. The lowest BCUT2D eigenvalue weighted by atomic mass is 10.3. The molecule has 1 aromatic rings. The second-order valence-corrected chi connectivity index (χ2v) is 6.20. The molecule has 2 rings (SSSR count). The molecular formula is C16H24Cl2N4O4. The molecule has 10 heteroatoms. The highest BCUT2D eigenvalue weighted by Crippen LogP contribution is 2.29. The number of amides is 1. The third kappa shape index (κ3) is 7.74. The molecular weight excluding hydrogens is 383 g/mol. The van der Waals surface area contributed by atoms with Crippen LogP contribution in [-0.4, -0.2) is 61.6 Å². The predicted molar refractivity (Wildman–Crippen MR) is 102 cm³/mol. The summed E-state index contributed by atoms with van der Waals surface area (Å²) < 4.78 is 5.35. The van der Waals surface area contributed by atoms with Crippen molar-refractivity contribution >= 4 is 35.6 Å². The molecule has 1 heterocycles. The fourth-order valence-electron chi connectivity index (χ4n) is 2.56. The van der Waals surface area contributed by atoms with Crippen molar-refractivity contribution in [3.05, 3.63) is 33.3 Å². The molecule has 0 saturated carbocycles. The molecule has 1 amide bonds. The molecule has 26 heavy (non-hydrogen) atoms. The Labute approximate surface area is 163 Å². The number of piperazine rings is 1. The van der Waals surface area contributed by atoms with Crippen molar-refractivity contribution < 1.29 is 14.5 Å². The summed E-state index contributed by atoms with van der Waals surface area (Å²) in [6.45, 7) is 5.77. The lowest BCUT2D eigenvalue weighted by molar-refractivity contribution is -0.385. The zero-order chi connectivity index (χ0) is 18.1. The number of carbonyl (C=O) groups excluding carboxylic acids is 1. The van der Waals surface area contributed by atoms with Crippen LogP contribution in [0, 0.1) is 10.1 Å². The van der Waals surface area contributed by atoms with E-state index in [1.165, 1.54) is 18.2 Å². The number of rotatable bonds is 9. The number of ether oxygens (including phenoxy) is 1. The highest BCUT2D eigenvalue weighted by Gasteiger charge is 2.16. The van der Waals surface area contributed by atoms with Crippen LogP contribution in [0.3, 0.4) is 0 Å². The van der Waals surface area contributed by atoms with Gasteiger partial charge in [0.25, 0.3) is 0 Å². The first-order valence-corrected chi connectivity index (χ1v) is 8.70. The molecule has 0 bridgehead atoms. The second kappa shape index (κ2) is 11.9. The Hall–Kier alpha value is -1.61. The Balaban J connectivity index is 0.00000338. The van der Waals surface area contributed by atoms with Crippen LogP contribution in [-0.2, 0) is 4.79 Å². The van der Waals surface area contributed by atoms with E-state index >= 15 is 0 Å². The van der Waals surface area contributed by atoms with E-state index in [0.29, 0.717) is 6.54 Å². The highest BCUT2D eigenvalue weighted by molar-refractivity contribution is 6.30. The van der Waals surface area contributed by atoms with E-state index in [9.17, 15) is 14.9 Å². The summed E-state index contributed by atoms with van der Waals surface area (Å²) in [4.78, 5) is 24.6. The van der Waals surface area contributed by atoms with Crippen LogP contribution in [0.5, 0.6) is 5.75 Å². The molecule has 0 spiro atoms. The second-order valence-electron chi connectivity index (χ2n) is 5.76. The maximum absolute atomic E-state index is 11.8. The monoisotopic (exact) mass is 406 g/mol. The molecule has 0 atom stereocenters. The quantitative estimate of drug-likeness (QED) is 0.369. The zero-order valence-corrected chi connectivity index (χ0v) is 16.0. The molecule has 1 fully saturated rings. The van der Waals surface area contributed by atoms with Gasteiger partial charge in [0.05, 0.1) is 18.0 Å².